The van der Waals surface area contributed by atoms with Crippen LogP contribution in [0, 0.1) is 12.8 Å². The fraction of sp³-hybridized carbons (Fsp3) is 0.650. The highest BCUT2D eigenvalue weighted by Gasteiger charge is 2.50. The summed E-state index contributed by atoms with van der Waals surface area (Å²) in [7, 11) is 1.72. The molecule has 2 aliphatic heterocycles. The van der Waals surface area contributed by atoms with E-state index in [-0.39, 0.29) is 17.6 Å². The topological polar surface area (TPSA) is 44.8 Å². The molecule has 1 saturated carbocycles. The molecule has 1 aromatic rings. The van der Waals surface area contributed by atoms with Gasteiger partial charge in [0, 0.05) is 39.8 Å². The van der Waals surface area contributed by atoms with Crippen LogP contribution >= 0.6 is 0 Å². The van der Waals surface area contributed by atoms with Crippen LogP contribution in [0.3, 0.4) is 0 Å². The van der Waals surface area contributed by atoms with E-state index in [0.29, 0.717) is 6.61 Å². The second-order valence-electron chi connectivity index (χ2n) is 8.13. The summed E-state index contributed by atoms with van der Waals surface area (Å²) in [4.78, 5) is 17.0. The van der Waals surface area contributed by atoms with Crippen LogP contribution in [0.2, 0.25) is 0 Å². The van der Waals surface area contributed by atoms with Gasteiger partial charge in [0.2, 0.25) is 5.91 Å². The molecular formula is C20H29N3O2. The summed E-state index contributed by atoms with van der Waals surface area (Å²) in [5.74, 6) is 0.873. The number of carbonyl (C=O) groups excluding carboxylic acids is 1. The SMILES string of the molecule is CNC(=O)[C@@H]1COC2(CN(Cc3ccc(C)cc3)C2)CN1CC1CC1. The summed E-state index contributed by atoms with van der Waals surface area (Å²) in [6.45, 7) is 7.46. The Morgan fingerprint density at radius 2 is 1.96 bits per heavy atom. The third-order valence-electron chi connectivity index (χ3n) is 5.77. The molecule has 5 heteroatoms. The number of hydrogen-bond donors (Lipinski definition) is 1. The van der Waals surface area contributed by atoms with Gasteiger partial charge in [-0.05, 0) is 31.2 Å². The molecule has 0 unspecified atom stereocenters. The van der Waals surface area contributed by atoms with Gasteiger partial charge < -0.3 is 10.1 Å². The minimum absolute atomic E-state index is 0.0793. The number of likely N-dealkylation sites (tertiary alicyclic amines) is 1. The smallest absolute Gasteiger partial charge is 0.239 e. The summed E-state index contributed by atoms with van der Waals surface area (Å²) in [5, 5.41) is 2.80. The van der Waals surface area contributed by atoms with Crippen LogP contribution in [0.1, 0.15) is 24.0 Å². The molecule has 1 N–H and O–H groups in total. The van der Waals surface area contributed by atoms with Crippen LogP contribution in [0.25, 0.3) is 0 Å². The molecule has 1 amide bonds. The standard InChI is InChI=1S/C20H29N3O2/c1-15-3-5-16(6-4-15)9-22-12-20(13-22)14-23(10-17-7-8-17)18(11-25-20)19(24)21-2/h3-6,17-18H,7-14H2,1-2H3,(H,21,24)/t18-/m0/s1. The normalized spacial score (nSPS) is 26.4. The summed E-state index contributed by atoms with van der Waals surface area (Å²) >= 11 is 0. The molecule has 1 spiro atoms. The van der Waals surface area contributed by atoms with Crippen molar-refractivity contribution in [3.8, 4) is 0 Å². The van der Waals surface area contributed by atoms with Crippen molar-refractivity contribution in [2.24, 2.45) is 5.92 Å². The number of aryl methyl sites for hydroxylation is 1. The number of hydrogen-bond acceptors (Lipinski definition) is 4. The zero-order valence-electron chi connectivity index (χ0n) is 15.3. The molecular weight excluding hydrogens is 314 g/mol. The van der Waals surface area contributed by atoms with Crippen molar-refractivity contribution in [2.45, 2.75) is 38.0 Å². The number of ether oxygens (including phenoxy) is 1. The van der Waals surface area contributed by atoms with E-state index in [2.05, 4.69) is 46.3 Å². The van der Waals surface area contributed by atoms with Gasteiger partial charge in [-0.3, -0.25) is 14.6 Å². The third kappa shape index (κ3) is 3.73. The second kappa shape index (κ2) is 6.71. The number of amides is 1. The largest absolute Gasteiger partial charge is 0.369 e. The summed E-state index contributed by atoms with van der Waals surface area (Å²) in [6, 6.07) is 8.65. The molecule has 0 bridgehead atoms. The lowest BCUT2D eigenvalue weighted by Gasteiger charge is -2.55. The quantitative estimate of drug-likeness (QED) is 0.878. The van der Waals surface area contributed by atoms with Gasteiger partial charge in [-0.25, -0.2) is 0 Å². The van der Waals surface area contributed by atoms with Crippen molar-refractivity contribution in [2.75, 3.05) is 39.8 Å². The van der Waals surface area contributed by atoms with E-state index in [1.54, 1.807) is 7.05 Å². The molecule has 2 saturated heterocycles. The lowest BCUT2D eigenvalue weighted by Crippen LogP contribution is -2.72. The van der Waals surface area contributed by atoms with Crippen molar-refractivity contribution >= 4 is 5.91 Å². The average molecular weight is 343 g/mol. The van der Waals surface area contributed by atoms with Crippen molar-refractivity contribution in [1.29, 1.82) is 0 Å². The first-order chi connectivity index (χ1) is 12.1. The molecule has 1 aliphatic carbocycles. The average Bonchev–Trinajstić information content (AvgIpc) is 3.39. The molecule has 0 aromatic heterocycles. The Bertz CT molecular complexity index is 620. The van der Waals surface area contributed by atoms with Gasteiger partial charge in [0.1, 0.15) is 11.6 Å². The van der Waals surface area contributed by atoms with Crippen LogP contribution < -0.4 is 5.32 Å². The first kappa shape index (κ1) is 17.0. The highest BCUT2D eigenvalue weighted by molar-refractivity contribution is 5.81. The second-order valence-corrected chi connectivity index (χ2v) is 8.13. The van der Waals surface area contributed by atoms with Gasteiger partial charge in [-0.15, -0.1) is 0 Å². The Kier molecular flexibility index (Phi) is 4.56. The fourth-order valence-corrected chi connectivity index (χ4v) is 4.14. The van der Waals surface area contributed by atoms with Crippen LogP contribution in [0.15, 0.2) is 24.3 Å². The first-order valence-electron chi connectivity index (χ1n) is 9.44. The van der Waals surface area contributed by atoms with Crippen LogP contribution in [-0.4, -0.2) is 67.2 Å². The monoisotopic (exact) mass is 343 g/mol. The Morgan fingerprint density at radius 3 is 2.60 bits per heavy atom. The van der Waals surface area contributed by atoms with Crippen molar-refractivity contribution in [3.05, 3.63) is 35.4 Å². The summed E-state index contributed by atoms with van der Waals surface area (Å²) < 4.78 is 6.21. The summed E-state index contributed by atoms with van der Waals surface area (Å²) in [6.07, 6.45) is 2.62. The predicted octanol–water partition coefficient (Wildman–Crippen LogP) is 1.41. The molecule has 4 rings (SSSR count). The molecule has 1 aromatic carbocycles. The molecule has 0 radical (unpaired) electrons. The minimum Gasteiger partial charge on any atom is -0.369 e. The molecule has 2 heterocycles. The van der Waals surface area contributed by atoms with Gasteiger partial charge in [0.15, 0.2) is 0 Å². The zero-order chi connectivity index (χ0) is 17.4. The molecule has 25 heavy (non-hydrogen) atoms. The maximum absolute atomic E-state index is 12.2. The number of nitrogens with one attached hydrogen (secondary N) is 1. The zero-order valence-corrected chi connectivity index (χ0v) is 15.3. The van der Waals surface area contributed by atoms with Crippen LogP contribution in [0.4, 0.5) is 0 Å². The molecule has 1 atom stereocenters. The predicted molar refractivity (Wildman–Crippen MR) is 97.3 cm³/mol. The Balaban J connectivity index is 1.35. The Labute approximate surface area is 150 Å². The van der Waals surface area contributed by atoms with Gasteiger partial charge in [-0.2, -0.15) is 0 Å². The number of carbonyl (C=O) groups is 1. The number of benzene rings is 1. The van der Waals surface area contributed by atoms with E-state index in [1.807, 2.05) is 0 Å². The van der Waals surface area contributed by atoms with Crippen LogP contribution in [0.5, 0.6) is 0 Å². The van der Waals surface area contributed by atoms with Gasteiger partial charge in [0.05, 0.1) is 6.61 Å². The highest BCUT2D eigenvalue weighted by atomic mass is 16.5. The van der Waals surface area contributed by atoms with E-state index in [4.69, 9.17) is 4.74 Å². The maximum Gasteiger partial charge on any atom is 0.239 e. The Morgan fingerprint density at radius 1 is 1.24 bits per heavy atom. The number of rotatable bonds is 5. The lowest BCUT2D eigenvalue weighted by molar-refractivity contribution is -0.203. The lowest BCUT2D eigenvalue weighted by atomic mass is 9.89. The van der Waals surface area contributed by atoms with Gasteiger partial charge in [-0.1, -0.05) is 29.8 Å². The fourth-order valence-electron chi connectivity index (χ4n) is 4.14. The number of morpholine rings is 1. The maximum atomic E-state index is 12.2. The van der Waals surface area contributed by atoms with Gasteiger partial charge in [0.25, 0.3) is 0 Å². The van der Waals surface area contributed by atoms with Crippen molar-refractivity contribution in [3.63, 3.8) is 0 Å². The number of likely N-dealkylation sites (N-methyl/N-ethyl adjacent to an activating group) is 1. The summed E-state index contributed by atoms with van der Waals surface area (Å²) in [5.41, 5.74) is 2.58. The van der Waals surface area contributed by atoms with E-state index >= 15 is 0 Å². The van der Waals surface area contributed by atoms with Crippen molar-refractivity contribution < 1.29 is 9.53 Å². The molecule has 136 valence electrons. The Hall–Kier alpha value is -1.43. The molecule has 3 fully saturated rings. The van der Waals surface area contributed by atoms with E-state index in [0.717, 1.165) is 38.6 Å². The van der Waals surface area contributed by atoms with Gasteiger partial charge >= 0.3 is 0 Å². The van der Waals surface area contributed by atoms with Crippen LogP contribution in [-0.2, 0) is 16.1 Å². The minimum atomic E-state index is -0.123. The van der Waals surface area contributed by atoms with Crippen molar-refractivity contribution in [1.82, 2.24) is 15.1 Å². The highest BCUT2D eigenvalue weighted by Crippen LogP contribution is 2.36. The van der Waals surface area contributed by atoms with E-state index in [9.17, 15) is 4.79 Å². The molecule has 3 aliphatic rings. The number of nitrogens with zero attached hydrogens (tertiary/aromatic N) is 2. The first-order valence-corrected chi connectivity index (χ1v) is 9.44. The molecule has 5 nitrogen and oxygen atoms in total. The van der Waals surface area contributed by atoms with E-state index < -0.39 is 0 Å². The third-order valence-corrected chi connectivity index (χ3v) is 5.77. The van der Waals surface area contributed by atoms with E-state index in [1.165, 1.54) is 24.0 Å².